The number of rotatable bonds is 8. The van der Waals surface area contributed by atoms with Crippen LogP contribution in [0.25, 0.3) is 0 Å². The molecule has 0 saturated carbocycles. The van der Waals surface area contributed by atoms with Crippen LogP contribution in [0.5, 0.6) is 0 Å². The number of pyridine rings is 1. The first-order chi connectivity index (χ1) is 10.0. The van der Waals surface area contributed by atoms with Gasteiger partial charge < -0.3 is 10.2 Å². The SMILES string of the molecule is CCCN(CC)CCNC(=O)c1ccnc(Cl)c1[N+](=O)[O-]. The normalized spacial score (nSPS) is 10.7. The summed E-state index contributed by atoms with van der Waals surface area (Å²) in [7, 11) is 0. The lowest BCUT2D eigenvalue weighted by molar-refractivity contribution is -0.385. The zero-order chi connectivity index (χ0) is 15.8. The molecule has 116 valence electrons. The van der Waals surface area contributed by atoms with Crippen molar-refractivity contribution < 1.29 is 9.72 Å². The maximum atomic E-state index is 12.0. The van der Waals surface area contributed by atoms with Gasteiger partial charge in [0, 0.05) is 19.3 Å². The van der Waals surface area contributed by atoms with Crippen molar-refractivity contribution in [3.63, 3.8) is 0 Å². The van der Waals surface area contributed by atoms with E-state index in [2.05, 4.69) is 22.1 Å². The van der Waals surface area contributed by atoms with E-state index in [1.165, 1.54) is 12.3 Å². The van der Waals surface area contributed by atoms with Crippen molar-refractivity contribution >= 4 is 23.2 Å². The number of nitrogens with one attached hydrogen (secondary N) is 1. The second kappa shape index (κ2) is 8.53. The Kier molecular flexibility index (Phi) is 7.04. The predicted octanol–water partition coefficient (Wildman–Crippen LogP) is 2.10. The number of halogens is 1. The van der Waals surface area contributed by atoms with Crippen molar-refractivity contribution in [2.24, 2.45) is 0 Å². The summed E-state index contributed by atoms with van der Waals surface area (Å²) in [6.07, 6.45) is 2.31. The van der Waals surface area contributed by atoms with Crippen LogP contribution in [-0.4, -0.2) is 46.9 Å². The molecular weight excluding hydrogens is 296 g/mol. The van der Waals surface area contributed by atoms with Crippen LogP contribution in [0.4, 0.5) is 5.69 Å². The minimum atomic E-state index is -0.695. The van der Waals surface area contributed by atoms with E-state index in [9.17, 15) is 14.9 Å². The second-order valence-corrected chi connectivity index (χ2v) is 4.80. The van der Waals surface area contributed by atoms with E-state index in [-0.39, 0.29) is 10.7 Å². The fourth-order valence-corrected chi connectivity index (χ4v) is 2.18. The molecule has 8 heteroatoms. The Bertz CT molecular complexity index is 510. The molecule has 0 aromatic carbocycles. The average molecular weight is 315 g/mol. The van der Waals surface area contributed by atoms with Crippen LogP contribution in [0.2, 0.25) is 5.15 Å². The van der Waals surface area contributed by atoms with Crippen molar-refractivity contribution in [1.29, 1.82) is 0 Å². The Morgan fingerprint density at radius 2 is 2.19 bits per heavy atom. The minimum absolute atomic E-state index is 0.0708. The van der Waals surface area contributed by atoms with Crippen molar-refractivity contribution in [3.8, 4) is 0 Å². The lowest BCUT2D eigenvalue weighted by Crippen LogP contribution is -2.35. The van der Waals surface area contributed by atoms with Gasteiger partial charge in [0.1, 0.15) is 5.56 Å². The van der Waals surface area contributed by atoms with E-state index < -0.39 is 16.5 Å². The molecule has 0 aliphatic carbocycles. The maximum Gasteiger partial charge on any atom is 0.319 e. The average Bonchev–Trinajstić information content (AvgIpc) is 2.45. The number of nitro groups is 1. The summed E-state index contributed by atoms with van der Waals surface area (Å²) < 4.78 is 0. The molecule has 0 bridgehead atoms. The fourth-order valence-electron chi connectivity index (χ4n) is 1.95. The number of aromatic nitrogens is 1. The molecule has 1 amide bonds. The highest BCUT2D eigenvalue weighted by Crippen LogP contribution is 2.25. The standard InChI is InChI=1S/C13H19ClN4O3/c1-3-8-17(4-2)9-7-16-13(19)10-5-6-15-12(14)11(10)18(20)21/h5-6H,3-4,7-9H2,1-2H3,(H,16,19). The summed E-state index contributed by atoms with van der Waals surface area (Å²) >= 11 is 5.68. The summed E-state index contributed by atoms with van der Waals surface area (Å²) in [5.41, 5.74) is -0.531. The van der Waals surface area contributed by atoms with Crippen LogP contribution in [0, 0.1) is 10.1 Å². The lowest BCUT2D eigenvalue weighted by Gasteiger charge is -2.19. The topological polar surface area (TPSA) is 88.4 Å². The Hall–Kier alpha value is -1.73. The minimum Gasteiger partial charge on any atom is -0.351 e. The Balaban J connectivity index is 2.68. The molecule has 0 radical (unpaired) electrons. The van der Waals surface area contributed by atoms with Crippen molar-refractivity contribution in [2.45, 2.75) is 20.3 Å². The van der Waals surface area contributed by atoms with Crippen molar-refractivity contribution in [2.75, 3.05) is 26.2 Å². The van der Waals surface area contributed by atoms with E-state index in [0.29, 0.717) is 13.1 Å². The molecule has 1 aromatic rings. The van der Waals surface area contributed by atoms with E-state index in [0.717, 1.165) is 19.5 Å². The predicted molar refractivity (Wildman–Crippen MR) is 80.6 cm³/mol. The molecule has 0 unspecified atom stereocenters. The smallest absolute Gasteiger partial charge is 0.319 e. The van der Waals surface area contributed by atoms with E-state index in [1.54, 1.807) is 0 Å². The summed E-state index contributed by atoms with van der Waals surface area (Å²) in [4.78, 5) is 28.1. The number of hydrogen-bond donors (Lipinski definition) is 1. The van der Waals surface area contributed by atoms with Gasteiger partial charge in [-0.2, -0.15) is 0 Å². The molecule has 0 saturated heterocycles. The molecule has 1 N–H and O–H groups in total. The van der Waals surface area contributed by atoms with Gasteiger partial charge in [0.05, 0.1) is 4.92 Å². The van der Waals surface area contributed by atoms with Gasteiger partial charge in [-0.15, -0.1) is 0 Å². The number of likely N-dealkylation sites (N-methyl/N-ethyl adjacent to an activating group) is 1. The molecule has 1 heterocycles. The highest BCUT2D eigenvalue weighted by atomic mass is 35.5. The van der Waals surface area contributed by atoms with E-state index in [4.69, 9.17) is 11.6 Å². The third kappa shape index (κ3) is 4.95. The number of carbonyl (C=O) groups excluding carboxylic acids is 1. The van der Waals surface area contributed by atoms with Gasteiger partial charge in [-0.3, -0.25) is 14.9 Å². The van der Waals surface area contributed by atoms with E-state index >= 15 is 0 Å². The first-order valence-electron chi connectivity index (χ1n) is 6.80. The molecule has 0 spiro atoms. The molecular formula is C13H19ClN4O3. The van der Waals surface area contributed by atoms with Gasteiger partial charge in [-0.1, -0.05) is 25.4 Å². The molecule has 0 aliphatic rings. The highest BCUT2D eigenvalue weighted by molar-refractivity contribution is 6.32. The number of hydrogen-bond acceptors (Lipinski definition) is 5. The van der Waals surface area contributed by atoms with E-state index in [1.807, 2.05) is 6.92 Å². The van der Waals surface area contributed by atoms with Crippen molar-refractivity contribution in [1.82, 2.24) is 15.2 Å². The Morgan fingerprint density at radius 3 is 2.76 bits per heavy atom. The van der Waals surface area contributed by atoms with Crippen LogP contribution in [0.3, 0.4) is 0 Å². The summed E-state index contributed by atoms with van der Waals surface area (Å²) in [6, 6.07) is 1.29. The molecule has 7 nitrogen and oxygen atoms in total. The second-order valence-electron chi connectivity index (χ2n) is 4.45. The molecule has 1 rings (SSSR count). The molecule has 0 aliphatic heterocycles. The van der Waals surface area contributed by atoms with Gasteiger partial charge in [0.15, 0.2) is 0 Å². The summed E-state index contributed by atoms with van der Waals surface area (Å²) in [6.45, 7) is 7.10. The highest BCUT2D eigenvalue weighted by Gasteiger charge is 2.24. The fraction of sp³-hybridized carbons (Fsp3) is 0.538. The summed E-state index contributed by atoms with van der Waals surface area (Å²) in [5, 5.41) is 13.3. The van der Waals surface area contributed by atoms with Gasteiger partial charge in [-0.25, -0.2) is 4.98 Å². The number of carbonyl (C=O) groups is 1. The molecule has 1 aromatic heterocycles. The molecule has 0 atom stereocenters. The first kappa shape index (κ1) is 17.3. The Morgan fingerprint density at radius 1 is 1.48 bits per heavy atom. The lowest BCUT2D eigenvalue weighted by atomic mass is 10.2. The third-order valence-electron chi connectivity index (χ3n) is 3.01. The molecule has 21 heavy (non-hydrogen) atoms. The van der Waals surface area contributed by atoms with Crippen LogP contribution >= 0.6 is 11.6 Å². The molecule has 0 fully saturated rings. The van der Waals surface area contributed by atoms with Crippen LogP contribution in [-0.2, 0) is 0 Å². The van der Waals surface area contributed by atoms with Crippen LogP contribution in [0.1, 0.15) is 30.6 Å². The summed E-state index contributed by atoms with van der Waals surface area (Å²) in [5.74, 6) is -0.515. The van der Waals surface area contributed by atoms with Crippen molar-refractivity contribution in [3.05, 3.63) is 33.1 Å². The monoisotopic (exact) mass is 314 g/mol. The number of nitrogens with zero attached hydrogens (tertiary/aromatic N) is 3. The van der Waals surface area contributed by atoms with Crippen LogP contribution in [0.15, 0.2) is 12.3 Å². The zero-order valence-corrected chi connectivity index (χ0v) is 12.9. The number of amides is 1. The van der Waals surface area contributed by atoms with Gasteiger partial charge >= 0.3 is 5.69 Å². The van der Waals surface area contributed by atoms with Crippen LogP contribution < -0.4 is 5.32 Å². The largest absolute Gasteiger partial charge is 0.351 e. The third-order valence-corrected chi connectivity index (χ3v) is 3.28. The quantitative estimate of drug-likeness (QED) is 0.451. The van der Waals surface area contributed by atoms with Gasteiger partial charge in [-0.05, 0) is 25.6 Å². The first-order valence-corrected chi connectivity index (χ1v) is 7.18. The van der Waals surface area contributed by atoms with Gasteiger partial charge in [0.2, 0.25) is 5.15 Å². The zero-order valence-electron chi connectivity index (χ0n) is 12.1. The van der Waals surface area contributed by atoms with Gasteiger partial charge in [0.25, 0.3) is 5.91 Å². The Labute approximate surface area is 128 Å². The maximum absolute atomic E-state index is 12.0.